The van der Waals surface area contributed by atoms with E-state index in [-0.39, 0.29) is 37.2 Å². The third-order valence-electron chi connectivity index (χ3n) is 0. The number of halogens is 3. The molecule has 0 aliphatic rings. The van der Waals surface area contributed by atoms with Crippen molar-refractivity contribution in [3.63, 3.8) is 0 Å². The molecule has 0 amide bonds. The summed E-state index contributed by atoms with van der Waals surface area (Å²) in [5, 5.41) is 0. The van der Waals surface area contributed by atoms with Crippen molar-refractivity contribution in [2.75, 3.05) is 0 Å². The first-order valence-corrected chi connectivity index (χ1v) is 2.60. The maximum atomic E-state index is 2.00. The van der Waals surface area contributed by atoms with Crippen molar-refractivity contribution in [2.24, 2.45) is 0 Å². The minimum absolute atomic E-state index is 0. The standard InChI is InChI=1S/CH3Ge.3ClH/c1-2;;;/h1H3;3*1H/q+3;;;/p-3. The Balaban J connectivity index is -0.00000000167. The molecule has 0 aromatic heterocycles. The van der Waals surface area contributed by atoms with Crippen LogP contribution in [-0.2, 0) is 0 Å². The maximum Gasteiger partial charge on any atom is -1.00 e. The quantitative estimate of drug-likeness (QED) is 0.336. The zero-order chi connectivity index (χ0) is 2.00. The molecule has 0 aromatic carbocycles. The first-order valence-electron chi connectivity index (χ1n) is 0.500. The predicted octanol–water partition coefficient (Wildman–Crippen LogP) is -8.79. The van der Waals surface area contributed by atoms with Crippen LogP contribution in [0.1, 0.15) is 0 Å². The Bertz CT molecular complexity index is 6.85. The van der Waals surface area contributed by atoms with E-state index in [0.717, 1.165) is 0 Å². The van der Waals surface area contributed by atoms with Gasteiger partial charge in [-0.15, -0.1) is 0 Å². The molecule has 0 spiro atoms. The zero-order valence-corrected chi connectivity index (χ0v) is 7.00. The zero-order valence-electron chi connectivity index (χ0n) is 2.63. The fourth-order valence-electron chi connectivity index (χ4n) is 0. The van der Waals surface area contributed by atoms with E-state index in [9.17, 15) is 0 Å². The van der Waals surface area contributed by atoms with E-state index in [4.69, 9.17) is 0 Å². The Morgan fingerprint density at radius 1 is 0.800 bits per heavy atom. The summed E-state index contributed by atoms with van der Waals surface area (Å²) in [5.74, 6) is 2.00. The van der Waals surface area contributed by atoms with Gasteiger partial charge in [0.25, 0.3) is 0 Å². The van der Waals surface area contributed by atoms with E-state index in [1.165, 1.54) is 0 Å². The van der Waals surface area contributed by atoms with Crippen LogP contribution in [0, 0.1) is 0 Å². The molecule has 0 heterocycles. The maximum absolute atomic E-state index is 2.00. The average Bonchev–Trinajstić information content (AvgIpc) is 1.00. The molecule has 0 aliphatic heterocycles. The van der Waals surface area contributed by atoms with Crippen LogP contribution >= 0.6 is 0 Å². The molecule has 0 bridgehead atoms. The van der Waals surface area contributed by atoms with Crippen molar-refractivity contribution in [3.05, 3.63) is 0 Å². The summed E-state index contributed by atoms with van der Waals surface area (Å²) in [6.07, 6.45) is 0. The van der Waals surface area contributed by atoms with Crippen LogP contribution in [0.25, 0.3) is 0 Å². The van der Waals surface area contributed by atoms with Gasteiger partial charge in [-0.1, -0.05) is 0 Å². The van der Waals surface area contributed by atoms with Crippen molar-refractivity contribution in [1.29, 1.82) is 0 Å². The molecular weight excluding hydrogens is 191 g/mol. The van der Waals surface area contributed by atoms with E-state index in [1.807, 2.05) is 22.3 Å². The van der Waals surface area contributed by atoms with Gasteiger partial charge in [0, 0.05) is 0 Å². The van der Waals surface area contributed by atoms with Crippen LogP contribution < -0.4 is 37.2 Å². The number of rotatable bonds is 0. The van der Waals surface area contributed by atoms with Crippen LogP contribution in [0.5, 0.6) is 0 Å². The van der Waals surface area contributed by atoms with Crippen LogP contribution in [0.2, 0.25) is 5.76 Å². The third kappa shape index (κ3) is 31.6. The van der Waals surface area contributed by atoms with E-state index < -0.39 is 0 Å². The van der Waals surface area contributed by atoms with Crippen molar-refractivity contribution in [1.82, 2.24) is 0 Å². The molecule has 32 valence electrons. The van der Waals surface area contributed by atoms with E-state index >= 15 is 0 Å². The monoisotopic (exact) mass is 194 g/mol. The molecule has 0 N–H and O–H groups in total. The fraction of sp³-hybridized carbons (Fsp3) is 1.00. The Kier molecular flexibility index (Phi) is 341. The van der Waals surface area contributed by atoms with Crippen molar-refractivity contribution in [2.45, 2.75) is 5.76 Å². The van der Waals surface area contributed by atoms with Crippen LogP contribution in [0.4, 0.5) is 0 Å². The SMILES string of the molecule is [CH3][Ge+3].[Cl-].[Cl-].[Cl-]. The van der Waals surface area contributed by atoms with E-state index in [0.29, 0.717) is 0 Å². The third-order valence-corrected chi connectivity index (χ3v) is 0. The Morgan fingerprint density at radius 3 is 0.800 bits per heavy atom. The minimum atomic E-state index is 0. The smallest absolute Gasteiger partial charge is 1.00 e. The van der Waals surface area contributed by atoms with E-state index in [1.54, 1.807) is 0 Å². The summed E-state index contributed by atoms with van der Waals surface area (Å²) in [7, 11) is 0. The van der Waals surface area contributed by atoms with Gasteiger partial charge in [-0.05, 0) is 0 Å². The summed E-state index contributed by atoms with van der Waals surface area (Å²) >= 11 is 2.00. The van der Waals surface area contributed by atoms with Crippen molar-refractivity contribution >= 4 is 16.5 Å². The number of hydrogen-bond donors (Lipinski definition) is 0. The first-order chi connectivity index (χ1) is 1.00. The normalized spacial score (nSPS) is 1.40. The summed E-state index contributed by atoms with van der Waals surface area (Å²) in [4.78, 5) is 0. The Morgan fingerprint density at radius 2 is 0.800 bits per heavy atom. The molecule has 0 nitrogen and oxygen atoms in total. The second-order valence-electron chi connectivity index (χ2n) is 0. The summed E-state index contributed by atoms with van der Waals surface area (Å²) in [5.41, 5.74) is 0. The molecule has 4 heteroatoms. The van der Waals surface area contributed by atoms with Gasteiger partial charge in [0.05, 0.1) is 0 Å². The van der Waals surface area contributed by atoms with Gasteiger partial charge in [0.2, 0.25) is 0 Å². The van der Waals surface area contributed by atoms with Gasteiger partial charge < -0.3 is 37.2 Å². The van der Waals surface area contributed by atoms with Crippen molar-refractivity contribution < 1.29 is 37.2 Å². The van der Waals surface area contributed by atoms with Crippen molar-refractivity contribution in [3.8, 4) is 0 Å². The summed E-state index contributed by atoms with van der Waals surface area (Å²) in [6, 6.07) is 0. The van der Waals surface area contributed by atoms with Gasteiger partial charge in [0.15, 0.2) is 0 Å². The first kappa shape index (κ1) is 32.3. The second-order valence-corrected chi connectivity index (χ2v) is 0. The molecule has 0 atom stereocenters. The Labute approximate surface area is 59.5 Å². The minimum Gasteiger partial charge on any atom is -1.00 e. The molecule has 0 saturated heterocycles. The predicted molar refractivity (Wildman–Crippen MR) is 11.6 cm³/mol. The number of hydrogen-bond acceptors (Lipinski definition) is 0. The van der Waals surface area contributed by atoms with Crippen LogP contribution in [-0.4, -0.2) is 16.5 Å². The molecular formula is CH3Cl3Ge. The molecule has 0 saturated carbocycles. The molecule has 5 heavy (non-hydrogen) atoms. The molecule has 0 unspecified atom stereocenters. The van der Waals surface area contributed by atoms with Crippen LogP contribution in [0.3, 0.4) is 0 Å². The molecule has 0 radical (unpaired) electrons. The Hall–Kier alpha value is 1.41. The van der Waals surface area contributed by atoms with Crippen LogP contribution in [0.15, 0.2) is 0 Å². The van der Waals surface area contributed by atoms with Gasteiger partial charge >= 0.3 is 22.3 Å². The molecule has 0 aromatic rings. The molecule has 0 fully saturated rings. The van der Waals surface area contributed by atoms with Gasteiger partial charge in [0.1, 0.15) is 0 Å². The fourth-order valence-corrected chi connectivity index (χ4v) is 0. The second kappa shape index (κ2) is 52.8. The molecule has 0 rings (SSSR count). The average molecular weight is 194 g/mol. The largest absolute Gasteiger partial charge is 1.00 e. The van der Waals surface area contributed by atoms with E-state index in [2.05, 4.69) is 0 Å². The van der Waals surface area contributed by atoms with Gasteiger partial charge in [-0.3, -0.25) is 0 Å². The summed E-state index contributed by atoms with van der Waals surface area (Å²) in [6.45, 7) is 0. The topological polar surface area (TPSA) is 0 Å². The van der Waals surface area contributed by atoms with Gasteiger partial charge in [-0.2, -0.15) is 0 Å². The van der Waals surface area contributed by atoms with Gasteiger partial charge in [-0.25, -0.2) is 0 Å². The molecule has 0 aliphatic carbocycles. The summed E-state index contributed by atoms with van der Waals surface area (Å²) < 4.78 is 0.